The Morgan fingerprint density at radius 2 is 1.83 bits per heavy atom. The van der Waals surface area contributed by atoms with E-state index in [0.29, 0.717) is 19.6 Å². The Morgan fingerprint density at radius 1 is 0.943 bits per heavy atom. The van der Waals surface area contributed by atoms with Crippen molar-refractivity contribution >= 4 is 27.5 Å². The summed E-state index contributed by atoms with van der Waals surface area (Å²) in [5, 5.41) is 19.1. The van der Waals surface area contributed by atoms with E-state index < -0.39 is 0 Å². The molecule has 0 saturated heterocycles. The zero-order chi connectivity index (χ0) is 24.3. The summed E-state index contributed by atoms with van der Waals surface area (Å²) in [5.41, 5.74) is 3.07. The van der Waals surface area contributed by atoms with Crippen LogP contribution in [0.1, 0.15) is 24.0 Å². The number of anilines is 1. The molecular weight excluding hydrogens is 438 g/mol. The van der Waals surface area contributed by atoms with Gasteiger partial charge in [0.2, 0.25) is 0 Å². The Morgan fingerprint density at radius 3 is 2.71 bits per heavy atom. The quantitative estimate of drug-likeness (QED) is 0.213. The van der Waals surface area contributed by atoms with Crippen LogP contribution in [0.25, 0.3) is 21.7 Å². The van der Waals surface area contributed by atoms with Gasteiger partial charge < -0.3 is 20.1 Å². The second kappa shape index (κ2) is 12.7. The van der Waals surface area contributed by atoms with Gasteiger partial charge in [-0.1, -0.05) is 24.3 Å². The van der Waals surface area contributed by atoms with Crippen LogP contribution in [0.4, 0.5) is 5.82 Å². The third-order valence-electron chi connectivity index (χ3n) is 5.81. The highest BCUT2D eigenvalue weighted by Gasteiger charge is 2.07. The summed E-state index contributed by atoms with van der Waals surface area (Å²) in [6.07, 6.45) is 6.11. The Bertz CT molecular complexity index is 1300. The van der Waals surface area contributed by atoms with Gasteiger partial charge >= 0.3 is 0 Å². The molecule has 0 atom stereocenters. The Hall–Kier alpha value is -3.73. The van der Waals surface area contributed by atoms with Gasteiger partial charge in [0.15, 0.2) is 0 Å². The first-order valence-corrected chi connectivity index (χ1v) is 12.0. The van der Waals surface area contributed by atoms with E-state index >= 15 is 0 Å². The topological polar surface area (TPSA) is 92.1 Å². The summed E-state index contributed by atoms with van der Waals surface area (Å²) in [6.45, 7) is 3.71. The minimum absolute atomic E-state index is 0.390. The van der Waals surface area contributed by atoms with Crippen LogP contribution in [0.5, 0.6) is 5.75 Å². The van der Waals surface area contributed by atoms with Crippen LogP contribution in [0.3, 0.4) is 0 Å². The molecule has 7 heteroatoms. The van der Waals surface area contributed by atoms with Crippen LogP contribution in [0.2, 0.25) is 0 Å². The number of pyridine rings is 2. The van der Waals surface area contributed by atoms with E-state index in [4.69, 9.17) is 19.7 Å². The lowest BCUT2D eigenvalue weighted by atomic mass is 10.1. The molecule has 0 fully saturated rings. The third-order valence-corrected chi connectivity index (χ3v) is 5.81. The number of para-hydroxylation sites is 1. The highest BCUT2D eigenvalue weighted by atomic mass is 16.5. The molecular formula is C28H31N5O2. The van der Waals surface area contributed by atoms with Crippen molar-refractivity contribution in [1.29, 1.82) is 5.26 Å². The number of nitrogens with zero attached hydrogens (tertiary/aromatic N) is 3. The predicted octanol–water partition coefficient (Wildman–Crippen LogP) is 4.86. The van der Waals surface area contributed by atoms with Crippen LogP contribution in [-0.2, 0) is 17.7 Å². The van der Waals surface area contributed by atoms with Crippen molar-refractivity contribution < 1.29 is 9.47 Å². The SMILES string of the molecule is COc1cc(CC#N)cc(CNCCCCOCCNc2nc3ccccc3c3cnccc23)c1. The first kappa shape index (κ1) is 24.4. The van der Waals surface area contributed by atoms with Gasteiger partial charge in [-0.15, -0.1) is 0 Å². The molecule has 180 valence electrons. The molecule has 0 bridgehead atoms. The minimum atomic E-state index is 0.390. The van der Waals surface area contributed by atoms with Gasteiger partial charge in [0.1, 0.15) is 11.6 Å². The molecule has 2 N–H and O–H groups in total. The fourth-order valence-corrected chi connectivity index (χ4v) is 4.10. The second-order valence-electron chi connectivity index (χ2n) is 8.35. The molecule has 0 amide bonds. The van der Waals surface area contributed by atoms with Gasteiger partial charge in [-0.05, 0) is 54.8 Å². The first-order valence-electron chi connectivity index (χ1n) is 12.0. The molecule has 0 unspecified atom stereocenters. The summed E-state index contributed by atoms with van der Waals surface area (Å²) in [4.78, 5) is 9.09. The van der Waals surface area contributed by atoms with Crippen LogP contribution >= 0.6 is 0 Å². The van der Waals surface area contributed by atoms with Crippen molar-refractivity contribution in [2.45, 2.75) is 25.8 Å². The van der Waals surface area contributed by atoms with Crippen LogP contribution in [0, 0.1) is 11.3 Å². The number of nitriles is 1. The van der Waals surface area contributed by atoms with Crippen molar-refractivity contribution in [1.82, 2.24) is 15.3 Å². The number of hydrogen-bond acceptors (Lipinski definition) is 7. The largest absolute Gasteiger partial charge is 0.497 e. The Kier molecular flexibility index (Phi) is 8.82. The van der Waals surface area contributed by atoms with Gasteiger partial charge in [0, 0.05) is 48.2 Å². The van der Waals surface area contributed by atoms with Crippen molar-refractivity contribution in [3.8, 4) is 11.8 Å². The van der Waals surface area contributed by atoms with E-state index in [1.807, 2.05) is 42.6 Å². The predicted molar refractivity (Wildman–Crippen MR) is 140 cm³/mol. The number of fused-ring (bicyclic) bond motifs is 3. The number of ether oxygens (including phenoxy) is 2. The normalized spacial score (nSPS) is 11.0. The highest BCUT2D eigenvalue weighted by Crippen LogP contribution is 2.28. The summed E-state index contributed by atoms with van der Waals surface area (Å²) >= 11 is 0. The molecule has 2 aromatic carbocycles. The number of methoxy groups -OCH3 is 1. The smallest absolute Gasteiger partial charge is 0.134 e. The first-order chi connectivity index (χ1) is 17.3. The van der Waals surface area contributed by atoms with Crippen LogP contribution in [0.15, 0.2) is 60.9 Å². The molecule has 0 radical (unpaired) electrons. The molecule has 2 heterocycles. The summed E-state index contributed by atoms with van der Waals surface area (Å²) in [7, 11) is 1.65. The molecule has 0 aliphatic heterocycles. The maximum atomic E-state index is 8.94. The number of hydrogen-bond donors (Lipinski definition) is 2. The van der Waals surface area contributed by atoms with E-state index in [1.54, 1.807) is 13.3 Å². The third kappa shape index (κ3) is 6.66. The van der Waals surface area contributed by atoms with E-state index in [-0.39, 0.29) is 0 Å². The van der Waals surface area contributed by atoms with Gasteiger partial charge in [0.05, 0.1) is 31.7 Å². The van der Waals surface area contributed by atoms with E-state index in [0.717, 1.165) is 76.9 Å². The monoisotopic (exact) mass is 469 g/mol. The summed E-state index contributed by atoms with van der Waals surface area (Å²) < 4.78 is 11.2. The maximum Gasteiger partial charge on any atom is 0.134 e. The maximum absolute atomic E-state index is 8.94. The molecule has 0 spiro atoms. The molecule has 7 nitrogen and oxygen atoms in total. The summed E-state index contributed by atoms with van der Waals surface area (Å²) in [5.74, 6) is 1.66. The molecule has 4 aromatic rings. The Balaban J connectivity index is 1.14. The van der Waals surface area contributed by atoms with E-state index in [2.05, 4.69) is 33.8 Å². The fraction of sp³-hybridized carbons (Fsp3) is 0.321. The zero-order valence-corrected chi connectivity index (χ0v) is 20.1. The molecule has 4 rings (SSSR count). The minimum Gasteiger partial charge on any atom is -0.497 e. The van der Waals surface area contributed by atoms with Gasteiger partial charge in [-0.2, -0.15) is 5.26 Å². The highest BCUT2D eigenvalue weighted by molar-refractivity contribution is 6.09. The summed E-state index contributed by atoms with van der Waals surface area (Å²) in [6, 6.07) is 18.3. The number of aromatic nitrogens is 2. The van der Waals surface area contributed by atoms with Gasteiger partial charge in [-0.3, -0.25) is 4.98 Å². The average Bonchev–Trinajstić information content (AvgIpc) is 2.89. The van der Waals surface area contributed by atoms with Crippen LogP contribution in [-0.4, -0.2) is 43.4 Å². The van der Waals surface area contributed by atoms with Crippen LogP contribution < -0.4 is 15.4 Å². The number of unbranched alkanes of at least 4 members (excludes halogenated alkanes) is 1. The number of benzene rings is 2. The number of rotatable bonds is 13. The lowest BCUT2D eigenvalue weighted by molar-refractivity contribution is 0.140. The van der Waals surface area contributed by atoms with E-state index in [9.17, 15) is 0 Å². The number of nitrogens with one attached hydrogen (secondary N) is 2. The van der Waals surface area contributed by atoms with Crippen molar-refractivity contribution in [2.24, 2.45) is 0 Å². The molecule has 0 aliphatic rings. The molecule has 0 aliphatic carbocycles. The molecule has 0 saturated carbocycles. The average molecular weight is 470 g/mol. The molecule has 2 aromatic heterocycles. The van der Waals surface area contributed by atoms with Gasteiger partial charge in [0.25, 0.3) is 0 Å². The zero-order valence-electron chi connectivity index (χ0n) is 20.1. The van der Waals surface area contributed by atoms with Crippen molar-refractivity contribution in [2.75, 3.05) is 38.7 Å². The van der Waals surface area contributed by atoms with E-state index in [1.165, 1.54) is 0 Å². The standard InChI is InChI=1S/C28H31N5O2/c1-34-23-17-21(8-10-29)16-22(18-23)19-30-11-4-5-14-35-15-13-32-28-25-9-12-31-20-26(25)24-6-2-3-7-27(24)33-28/h2-3,6-7,9,12,16-18,20,30H,4-5,8,11,13-15,19H2,1H3,(H,32,33). The lowest BCUT2D eigenvalue weighted by Crippen LogP contribution is -2.16. The lowest BCUT2D eigenvalue weighted by Gasteiger charge is -2.12. The molecule has 35 heavy (non-hydrogen) atoms. The Labute approximate surface area is 206 Å². The second-order valence-corrected chi connectivity index (χ2v) is 8.35. The van der Waals surface area contributed by atoms with Crippen molar-refractivity contribution in [3.05, 3.63) is 72.1 Å². The fourth-order valence-electron chi connectivity index (χ4n) is 4.10. The van der Waals surface area contributed by atoms with Crippen molar-refractivity contribution in [3.63, 3.8) is 0 Å². The van der Waals surface area contributed by atoms with Gasteiger partial charge in [-0.25, -0.2) is 4.98 Å².